The molecule has 6 nitrogen and oxygen atoms in total. The number of carbonyl (C=O) groups excluding carboxylic acids is 2. The second kappa shape index (κ2) is 9.37. The quantitative estimate of drug-likeness (QED) is 0.552. The molecule has 0 spiro atoms. The zero-order valence-electron chi connectivity index (χ0n) is 19.0. The summed E-state index contributed by atoms with van der Waals surface area (Å²) in [6, 6.07) is 7.08. The van der Waals surface area contributed by atoms with Gasteiger partial charge in [0.1, 0.15) is 5.60 Å². The van der Waals surface area contributed by atoms with Crippen molar-refractivity contribution in [2.45, 2.75) is 71.3 Å². The number of halogens is 4. The van der Waals surface area contributed by atoms with Crippen molar-refractivity contribution < 1.29 is 27.5 Å². The summed E-state index contributed by atoms with van der Waals surface area (Å²) >= 11 is 5.90. The highest BCUT2D eigenvalue weighted by atomic mass is 35.5. The average Bonchev–Trinajstić information content (AvgIpc) is 3.05. The number of rotatable bonds is 5. The van der Waals surface area contributed by atoms with Gasteiger partial charge >= 0.3 is 12.3 Å². The third-order valence-corrected chi connectivity index (χ3v) is 5.61. The molecule has 1 aliphatic rings. The summed E-state index contributed by atoms with van der Waals surface area (Å²) in [5.74, 6) is -0.396. The first kappa shape index (κ1) is 25.1. The van der Waals surface area contributed by atoms with Crippen LogP contribution in [0.3, 0.4) is 0 Å². The number of aromatic nitrogens is 2. The first-order valence-electron chi connectivity index (χ1n) is 10.7. The summed E-state index contributed by atoms with van der Waals surface area (Å²) < 4.78 is 47.2. The Morgan fingerprint density at radius 1 is 1.18 bits per heavy atom. The largest absolute Gasteiger partial charge is 0.444 e. The van der Waals surface area contributed by atoms with Crippen LogP contribution < -0.4 is 0 Å². The van der Waals surface area contributed by atoms with Crippen LogP contribution >= 0.6 is 11.6 Å². The van der Waals surface area contributed by atoms with Crippen LogP contribution in [0.25, 0.3) is 0 Å². The summed E-state index contributed by atoms with van der Waals surface area (Å²) in [6.07, 6.45) is -5.15. The van der Waals surface area contributed by atoms with Gasteiger partial charge < -0.3 is 9.64 Å². The number of hydrogen-bond acceptors (Lipinski definition) is 4. The predicted octanol–water partition coefficient (Wildman–Crippen LogP) is 5.61. The number of benzene rings is 1. The molecule has 0 N–H and O–H groups in total. The molecular weight excluding hydrogens is 459 g/mol. The highest BCUT2D eigenvalue weighted by molar-refractivity contribution is 6.30. The molecule has 0 saturated heterocycles. The van der Waals surface area contributed by atoms with E-state index in [1.54, 1.807) is 32.9 Å². The van der Waals surface area contributed by atoms with Gasteiger partial charge in [0.25, 0.3) is 0 Å². The molecule has 0 saturated carbocycles. The lowest BCUT2D eigenvalue weighted by Crippen LogP contribution is -2.40. The topological polar surface area (TPSA) is 64.4 Å². The number of ketones is 1. The Kier molecular flexibility index (Phi) is 7.12. The molecule has 1 amide bonds. The van der Waals surface area contributed by atoms with E-state index in [-0.39, 0.29) is 55.4 Å². The van der Waals surface area contributed by atoms with Crippen LogP contribution in [0.2, 0.25) is 5.02 Å². The maximum absolute atomic E-state index is 13.6. The van der Waals surface area contributed by atoms with E-state index in [0.717, 1.165) is 10.2 Å². The molecule has 1 unspecified atom stereocenters. The molecule has 1 atom stereocenters. The third kappa shape index (κ3) is 6.28. The summed E-state index contributed by atoms with van der Waals surface area (Å²) in [7, 11) is 0. The van der Waals surface area contributed by atoms with Gasteiger partial charge in [-0.15, -0.1) is 0 Å². The van der Waals surface area contributed by atoms with Crippen LogP contribution in [0, 0.1) is 0 Å². The Morgan fingerprint density at radius 2 is 1.82 bits per heavy atom. The van der Waals surface area contributed by atoms with E-state index in [2.05, 4.69) is 5.10 Å². The van der Waals surface area contributed by atoms with E-state index < -0.39 is 23.6 Å². The fourth-order valence-electron chi connectivity index (χ4n) is 3.80. The summed E-state index contributed by atoms with van der Waals surface area (Å²) in [5.41, 5.74) is -0.585. The minimum absolute atomic E-state index is 0.0151. The van der Waals surface area contributed by atoms with Crippen molar-refractivity contribution in [3.63, 3.8) is 0 Å². The molecule has 1 aromatic heterocycles. The van der Waals surface area contributed by atoms with E-state index in [9.17, 15) is 22.8 Å². The number of Topliss-reactive ketones (excluding diaryl/α,β-unsaturated/α-hetero) is 1. The normalized spacial score (nSPS) is 15.2. The van der Waals surface area contributed by atoms with E-state index in [4.69, 9.17) is 16.3 Å². The summed E-state index contributed by atoms with van der Waals surface area (Å²) in [6.45, 7) is 6.68. The van der Waals surface area contributed by atoms with Crippen molar-refractivity contribution in [2.24, 2.45) is 0 Å². The lowest BCUT2D eigenvalue weighted by molar-refractivity contribution is -0.142. The molecule has 2 aromatic rings. The van der Waals surface area contributed by atoms with Gasteiger partial charge in [0.2, 0.25) is 0 Å². The first-order chi connectivity index (χ1) is 15.2. The average molecular weight is 486 g/mol. The fraction of sp³-hybridized carbons (Fsp3) is 0.522. The van der Waals surface area contributed by atoms with Crippen molar-refractivity contribution in [1.82, 2.24) is 14.7 Å². The zero-order valence-corrected chi connectivity index (χ0v) is 19.8. The molecule has 0 bridgehead atoms. The monoisotopic (exact) mass is 485 g/mol. The highest BCUT2D eigenvalue weighted by Crippen LogP contribution is 2.35. The number of amides is 1. The molecule has 0 fully saturated rings. The number of fused-ring (bicyclic) bond motifs is 1. The van der Waals surface area contributed by atoms with Crippen molar-refractivity contribution in [3.05, 3.63) is 51.8 Å². The lowest BCUT2D eigenvalue weighted by atomic mass is 9.96. The molecule has 0 aliphatic carbocycles. The minimum Gasteiger partial charge on any atom is -0.444 e. The van der Waals surface area contributed by atoms with Gasteiger partial charge in [0.15, 0.2) is 11.5 Å². The van der Waals surface area contributed by atoms with E-state index in [1.807, 2.05) is 19.1 Å². The fourth-order valence-corrected chi connectivity index (χ4v) is 3.93. The number of carbonyl (C=O) groups is 2. The number of alkyl halides is 3. The van der Waals surface area contributed by atoms with E-state index >= 15 is 0 Å². The van der Waals surface area contributed by atoms with Crippen LogP contribution in [-0.2, 0) is 35.2 Å². The van der Waals surface area contributed by atoms with Crippen molar-refractivity contribution in [1.29, 1.82) is 0 Å². The van der Waals surface area contributed by atoms with Crippen LogP contribution in [0.15, 0.2) is 24.3 Å². The van der Waals surface area contributed by atoms with Crippen LogP contribution in [0.1, 0.15) is 62.5 Å². The summed E-state index contributed by atoms with van der Waals surface area (Å²) in [4.78, 5) is 26.5. The Bertz CT molecular complexity index is 1030. The van der Waals surface area contributed by atoms with Gasteiger partial charge in [-0.2, -0.15) is 18.3 Å². The van der Waals surface area contributed by atoms with Crippen LogP contribution in [0.5, 0.6) is 0 Å². The number of ether oxygens (including phenoxy) is 1. The standard InChI is InChI=1S/C23H27ClF3N3O3/c1-14(15-5-7-16(24)8-6-15)11-17(31)12-30-19-13-29(21(32)33-22(2,3)4)10-9-18(19)20(28-30)23(25,26)27/h5-8,14H,9-13H2,1-4H3. The van der Waals surface area contributed by atoms with Gasteiger partial charge in [-0.3, -0.25) is 9.48 Å². The Morgan fingerprint density at radius 3 is 2.39 bits per heavy atom. The SMILES string of the molecule is CC(CC(=O)Cn1nc(C(F)(F)F)c2c1CN(C(=O)OC(C)(C)C)CC2)c1ccc(Cl)cc1. The van der Waals surface area contributed by atoms with E-state index in [1.165, 1.54) is 4.90 Å². The molecule has 180 valence electrons. The number of nitrogens with zero attached hydrogens (tertiary/aromatic N) is 3. The smallest absolute Gasteiger partial charge is 0.435 e. The predicted molar refractivity (Wildman–Crippen MR) is 117 cm³/mol. The molecule has 10 heteroatoms. The molecule has 1 aromatic carbocycles. The van der Waals surface area contributed by atoms with Gasteiger partial charge in [-0.1, -0.05) is 30.7 Å². The Balaban J connectivity index is 1.80. The minimum atomic E-state index is -4.65. The Labute approximate surface area is 195 Å². The first-order valence-corrected chi connectivity index (χ1v) is 11.0. The maximum atomic E-state index is 13.6. The van der Waals surface area contributed by atoms with Crippen LogP contribution in [0.4, 0.5) is 18.0 Å². The maximum Gasteiger partial charge on any atom is 0.435 e. The highest BCUT2D eigenvalue weighted by Gasteiger charge is 2.41. The second-order valence-electron chi connectivity index (χ2n) is 9.28. The molecule has 0 radical (unpaired) electrons. The third-order valence-electron chi connectivity index (χ3n) is 5.36. The van der Waals surface area contributed by atoms with Gasteiger partial charge in [-0.05, 0) is 50.8 Å². The van der Waals surface area contributed by atoms with Crippen molar-refractivity contribution in [3.8, 4) is 0 Å². The molecule has 3 rings (SSSR count). The van der Waals surface area contributed by atoms with Crippen LogP contribution in [-0.4, -0.2) is 38.7 Å². The molecular formula is C23H27ClF3N3O3. The van der Waals surface area contributed by atoms with Gasteiger partial charge in [0.05, 0.1) is 18.8 Å². The van der Waals surface area contributed by atoms with Crippen molar-refractivity contribution in [2.75, 3.05) is 6.54 Å². The number of hydrogen-bond donors (Lipinski definition) is 0. The second-order valence-corrected chi connectivity index (χ2v) is 9.71. The van der Waals surface area contributed by atoms with Gasteiger partial charge in [-0.25, -0.2) is 4.79 Å². The molecule has 1 aliphatic heterocycles. The van der Waals surface area contributed by atoms with Crippen molar-refractivity contribution >= 4 is 23.5 Å². The zero-order chi connectivity index (χ0) is 24.6. The Hall–Kier alpha value is -2.55. The lowest BCUT2D eigenvalue weighted by Gasteiger charge is -2.30. The van der Waals surface area contributed by atoms with E-state index in [0.29, 0.717) is 5.02 Å². The molecule has 2 heterocycles. The van der Waals surface area contributed by atoms with Gasteiger partial charge in [0, 0.05) is 23.6 Å². The summed E-state index contributed by atoms with van der Waals surface area (Å²) in [5, 5.41) is 4.32. The molecule has 33 heavy (non-hydrogen) atoms.